The van der Waals surface area contributed by atoms with Crippen LogP contribution in [0, 0.1) is 5.92 Å². The molecule has 20 heavy (non-hydrogen) atoms. The minimum absolute atomic E-state index is 0.622. The molecule has 0 radical (unpaired) electrons. The summed E-state index contributed by atoms with van der Waals surface area (Å²) in [4.78, 5) is 2.61. The zero-order valence-electron chi connectivity index (χ0n) is 13.5. The smallest absolute Gasteiger partial charge is 0.0234 e. The van der Waals surface area contributed by atoms with Crippen molar-refractivity contribution in [3.8, 4) is 0 Å². The van der Waals surface area contributed by atoms with Crippen LogP contribution in [0.4, 0.5) is 0 Å². The zero-order valence-corrected chi connectivity index (χ0v) is 13.5. The van der Waals surface area contributed by atoms with Crippen molar-refractivity contribution in [1.29, 1.82) is 0 Å². The van der Waals surface area contributed by atoms with Gasteiger partial charge < -0.3 is 5.32 Å². The Labute approximate surface area is 124 Å². The lowest BCUT2D eigenvalue weighted by atomic mass is 10.0. The summed E-state index contributed by atoms with van der Waals surface area (Å²) >= 11 is 0. The van der Waals surface area contributed by atoms with Gasteiger partial charge in [-0.15, -0.1) is 0 Å². The van der Waals surface area contributed by atoms with Gasteiger partial charge >= 0.3 is 0 Å². The number of hydrogen-bond donors (Lipinski definition) is 1. The van der Waals surface area contributed by atoms with Crippen molar-refractivity contribution in [2.75, 3.05) is 19.6 Å². The first-order valence-corrected chi connectivity index (χ1v) is 8.11. The number of hydrogen-bond acceptors (Lipinski definition) is 2. The summed E-state index contributed by atoms with van der Waals surface area (Å²) in [5.74, 6) is 1.33. The van der Waals surface area contributed by atoms with Crippen molar-refractivity contribution in [1.82, 2.24) is 10.2 Å². The van der Waals surface area contributed by atoms with Gasteiger partial charge in [0.25, 0.3) is 0 Å². The van der Waals surface area contributed by atoms with Crippen LogP contribution < -0.4 is 5.32 Å². The van der Waals surface area contributed by atoms with E-state index in [1.165, 1.54) is 30.6 Å². The van der Waals surface area contributed by atoms with E-state index in [0.717, 1.165) is 13.1 Å². The monoisotopic (exact) mass is 274 g/mol. The molecule has 2 nitrogen and oxygen atoms in total. The van der Waals surface area contributed by atoms with Gasteiger partial charge in [0.2, 0.25) is 0 Å². The van der Waals surface area contributed by atoms with Crippen LogP contribution in [-0.2, 0) is 6.54 Å². The maximum absolute atomic E-state index is 3.68. The van der Waals surface area contributed by atoms with Gasteiger partial charge in [-0.2, -0.15) is 0 Å². The summed E-state index contributed by atoms with van der Waals surface area (Å²) in [6.07, 6.45) is 1.26. The van der Waals surface area contributed by atoms with Crippen molar-refractivity contribution in [2.24, 2.45) is 5.92 Å². The quantitative estimate of drug-likeness (QED) is 0.902. The van der Waals surface area contributed by atoms with Crippen LogP contribution in [0.2, 0.25) is 0 Å². The van der Waals surface area contributed by atoms with Gasteiger partial charge in [0.1, 0.15) is 0 Å². The van der Waals surface area contributed by atoms with E-state index >= 15 is 0 Å². The number of nitrogens with one attached hydrogen (secondary N) is 1. The Morgan fingerprint density at radius 2 is 1.85 bits per heavy atom. The van der Waals surface area contributed by atoms with E-state index in [0.29, 0.717) is 17.9 Å². The highest BCUT2D eigenvalue weighted by Gasteiger charge is 2.20. The molecule has 1 heterocycles. The second kappa shape index (κ2) is 7.24. The average molecular weight is 274 g/mol. The molecule has 0 spiro atoms. The molecule has 1 unspecified atom stereocenters. The summed E-state index contributed by atoms with van der Waals surface area (Å²) in [7, 11) is 0. The van der Waals surface area contributed by atoms with Crippen LogP contribution in [0.5, 0.6) is 0 Å². The fourth-order valence-electron chi connectivity index (χ4n) is 2.88. The second-order valence-electron chi connectivity index (χ2n) is 6.79. The molecule has 1 aromatic carbocycles. The van der Waals surface area contributed by atoms with Crippen LogP contribution in [0.25, 0.3) is 0 Å². The average Bonchev–Trinajstić information content (AvgIpc) is 2.65. The van der Waals surface area contributed by atoms with Gasteiger partial charge in [0.05, 0.1) is 0 Å². The lowest BCUT2D eigenvalue weighted by Crippen LogP contribution is -2.41. The molecule has 0 bridgehead atoms. The predicted octanol–water partition coefficient (Wildman–Crippen LogP) is 3.63. The highest BCUT2D eigenvalue weighted by molar-refractivity contribution is 5.24. The lowest BCUT2D eigenvalue weighted by molar-refractivity contribution is 0.238. The lowest BCUT2D eigenvalue weighted by Gasteiger charge is -2.26. The standard InChI is InChI=1S/C18H30N2/c1-14(2)17-8-6-16(7-9-17)12-20-11-5-10-19-18(13-20)15(3)4/h6-9,14-15,18-19H,5,10-13H2,1-4H3. The molecule has 1 N–H and O–H groups in total. The van der Waals surface area contributed by atoms with E-state index in [1.54, 1.807) is 0 Å². The van der Waals surface area contributed by atoms with Crippen LogP contribution >= 0.6 is 0 Å². The fraction of sp³-hybridized carbons (Fsp3) is 0.667. The molecule has 0 saturated carbocycles. The highest BCUT2D eigenvalue weighted by Crippen LogP contribution is 2.17. The van der Waals surface area contributed by atoms with Crippen LogP contribution in [0.3, 0.4) is 0 Å². The molecule has 0 aliphatic carbocycles. The molecule has 2 heteroatoms. The fourth-order valence-corrected chi connectivity index (χ4v) is 2.88. The number of rotatable bonds is 4. The first-order chi connectivity index (χ1) is 9.56. The normalized spacial score (nSPS) is 21.4. The Bertz CT molecular complexity index is 394. The summed E-state index contributed by atoms with van der Waals surface area (Å²) < 4.78 is 0. The van der Waals surface area contributed by atoms with Crippen molar-refractivity contribution < 1.29 is 0 Å². The Hall–Kier alpha value is -0.860. The summed E-state index contributed by atoms with van der Waals surface area (Å²) in [5, 5.41) is 3.68. The van der Waals surface area contributed by atoms with E-state index in [-0.39, 0.29) is 0 Å². The molecule has 1 saturated heterocycles. The third-order valence-electron chi connectivity index (χ3n) is 4.37. The van der Waals surface area contributed by atoms with E-state index in [2.05, 4.69) is 62.2 Å². The number of benzene rings is 1. The van der Waals surface area contributed by atoms with Crippen LogP contribution in [0.15, 0.2) is 24.3 Å². The van der Waals surface area contributed by atoms with Gasteiger partial charge in [-0.25, -0.2) is 0 Å². The molecule has 1 fully saturated rings. The number of nitrogens with zero attached hydrogens (tertiary/aromatic N) is 1. The molecule has 1 aromatic rings. The minimum atomic E-state index is 0.622. The summed E-state index contributed by atoms with van der Waals surface area (Å²) in [5.41, 5.74) is 2.88. The molecular weight excluding hydrogens is 244 g/mol. The molecule has 1 aliphatic rings. The van der Waals surface area contributed by atoms with Crippen molar-refractivity contribution in [2.45, 2.75) is 52.6 Å². The molecular formula is C18H30N2. The van der Waals surface area contributed by atoms with Crippen molar-refractivity contribution in [3.05, 3.63) is 35.4 Å². The minimum Gasteiger partial charge on any atom is -0.312 e. The van der Waals surface area contributed by atoms with Crippen LogP contribution in [0.1, 0.15) is 51.2 Å². The van der Waals surface area contributed by atoms with E-state index < -0.39 is 0 Å². The maximum Gasteiger partial charge on any atom is 0.0234 e. The van der Waals surface area contributed by atoms with Crippen molar-refractivity contribution >= 4 is 0 Å². The van der Waals surface area contributed by atoms with Gasteiger partial charge in [0.15, 0.2) is 0 Å². The highest BCUT2D eigenvalue weighted by atomic mass is 15.2. The molecule has 112 valence electrons. The van der Waals surface area contributed by atoms with E-state index in [4.69, 9.17) is 0 Å². The Morgan fingerprint density at radius 3 is 2.45 bits per heavy atom. The Morgan fingerprint density at radius 1 is 1.15 bits per heavy atom. The van der Waals surface area contributed by atoms with E-state index in [9.17, 15) is 0 Å². The zero-order chi connectivity index (χ0) is 14.5. The topological polar surface area (TPSA) is 15.3 Å². The maximum atomic E-state index is 3.68. The first-order valence-electron chi connectivity index (χ1n) is 8.11. The van der Waals surface area contributed by atoms with Crippen molar-refractivity contribution in [3.63, 3.8) is 0 Å². The first kappa shape index (κ1) is 15.5. The van der Waals surface area contributed by atoms with Gasteiger partial charge in [-0.05, 0) is 42.5 Å². The van der Waals surface area contributed by atoms with Gasteiger partial charge in [-0.3, -0.25) is 4.90 Å². The van der Waals surface area contributed by atoms with E-state index in [1.807, 2.05) is 0 Å². The van der Waals surface area contributed by atoms with Gasteiger partial charge in [0, 0.05) is 19.1 Å². The molecule has 0 aromatic heterocycles. The largest absolute Gasteiger partial charge is 0.312 e. The predicted molar refractivity (Wildman–Crippen MR) is 87.1 cm³/mol. The van der Waals surface area contributed by atoms with Gasteiger partial charge in [-0.1, -0.05) is 52.0 Å². The molecule has 1 aliphatic heterocycles. The Kier molecular flexibility index (Phi) is 5.62. The molecule has 2 rings (SSSR count). The third-order valence-corrected chi connectivity index (χ3v) is 4.37. The summed E-state index contributed by atoms with van der Waals surface area (Å²) in [6.45, 7) is 13.8. The second-order valence-corrected chi connectivity index (χ2v) is 6.79. The molecule has 0 amide bonds. The summed E-state index contributed by atoms with van der Waals surface area (Å²) in [6, 6.07) is 9.81. The molecule has 1 atom stereocenters. The van der Waals surface area contributed by atoms with Crippen LogP contribution in [-0.4, -0.2) is 30.6 Å². The third kappa shape index (κ3) is 4.32. The SMILES string of the molecule is CC(C)c1ccc(CN2CCCNC(C(C)C)C2)cc1. The Balaban J connectivity index is 1.97.